The van der Waals surface area contributed by atoms with Gasteiger partial charge in [-0.3, -0.25) is 4.79 Å². The molecule has 0 spiro atoms. The Morgan fingerprint density at radius 3 is 2.75 bits per heavy atom. The maximum absolute atomic E-state index is 11.8. The molecule has 0 aliphatic rings. The second-order valence-corrected chi connectivity index (χ2v) is 3.74. The maximum Gasteiger partial charge on any atom is 0.289 e. The minimum Gasteiger partial charge on any atom is -0.436 e. The van der Waals surface area contributed by atoms with Crippen molar-refractivity contribution < 1.29 is 13.9 Å². The van der Waals surface area contributed by atoms with Crippen molar-refractivity contribution in [2.75, 3.05) is 19.6 Å². The van der Waals surface area contributed by atoms with Crippen LogP contribution in [0.3, 0.4) is 0 Å². The Labute approximate surface area is 99.1 Å². The second kappa shape index (κ2) is 5.86. The van der Waals surface area contributed by atoms with Crippen LogP contribution in [-0.2, 0) is 4.74 Å². The molecule has 0 aliphatic carbocycles. The SMILES string of the molecule is COCC(CCl)NC(=O)c1oc(C)nc1C. The maximum atomic E-state index is 11.8. The Kier molecular flexibility index (Phi) is 4.76. The Bertz CT molecular complexity index is 365. The lowest BCUT2D eigenvalue weighted by Gasteiger charge is -2.13. The molecular formula is C10H15ClN2O3. The first kappa shape index (κ1) is 13.0. The minimum atomic E-state index is -0.319. The number of ether oxygens (including phenoxy) is 1. The van der Waals surface area contributed by atoms with Crippen molar-refractivity contribution in [2.24, 2.45) is 0 Å². The summed E-state index contributed by atoms with van der Waals surface area (Å²) in [4.78, 5) is 15.8. The number of carbonyl (C=O) groups excluding carboxylic acids is 1. The zero-order chi connectivity index (χ0) is 12.1. The number of nitrogens with one attached hydrogen (secondary N) is 1. The number of aromatic nitrogens is 1. The van der Waals surface area contributed by atoms with Gasteiger partial charge in [-0.25, -0.2) is 4.98 Å². The van der Waals surface area contributed by atoms with E-state index in [1.165, 1.54) is 0 Å². The van der Waals surface area contributed by atoms with Crippen molar-refractivity contribution in [3.63, 3.8) is 0 Å². The van der Waals surface area contributed by atoms with Crippen molar-refractivity contribution in [3.8, 4) is 0 Å². The van der Waals surface area contributed by atoms with Crippen LogP contribution in [0.15, 0.2) is 4.42 Å². The Morgan fingerprint density at radius 1 is 1.62 bits per heavy atom. The lowest BCUT2D eigenvalue weighted by molar-refractivity contribution is 0.0877. The van der Waals surface area contributed by atoms with E-state index in [0.717, 1.165) is 0 Å². The molecule has 16 heavy (non-hydrogen) atoms. The van der Waals surface area contributed by atoms with E-state index in [-0.39, 0.29) is 23.6 Å². The number of alkyl halides is 1. The van der Waals surface area contributed by atoms with Gasteiger partial charge in [0.25, 0.3) is 5.91 Å². The normalized spacial score (nSPS) is 12.5. The zero-order valence-corrected chi connectivity index (χ0v) is 10.3. The Balaban J connectivity index is 2.67. The average molecular weight is 247 g/mol. The summed E-state index contributed by atoms with van der Waals surface area (Å²) in [6, 6.07) is -0.232. The van der Waals surface area contributed by atoms with E-state index in [2.05, 4.69) is 10.3 Å². The number of halogens is 1. The van der Waals surface area contributed by atoms with Crippen LogP contribution in [0.4, 0.5) is 0 Å². The fraction of sp³-hybridized carbons (Fsp3) is 0.600. The molecule has 1 aromatic heterocycles. The minimum absolute atomic E-state index is 0.226. The molecule has 6 heteroatoms. The third-order valence-electron chi connectivity index (χ3n) is 2.00. The zero-order valence-electron chi connectivity index (χ0n) is 9.54. The Hall–Kier alpha value is -1.07. The van der Waals surface area contributed by atoms with Gasteiger partial charge in [0, 0.05) is 19.9 Å². The monoisotopic (exact) mass is 246 g/mol. The van der Waals surface area contributed by atoms with Crippen LogP contribution in [0.5, 0.6) is 0 Å². The molecule has 0 saturated carbocycles. The number of nitrogens with zero attached hydrogens (tertiary/aromatic N) is 1. The lowest BCUT2D eigenvalue weighted by atomic mass is 10.3. The van der Waals surface area contributed by atoms with Gasteiger partial charge in [0.15, 0.2) is 5.89 Å². The van der Waals surface area contributed by atoms with Crippen molar-refractivity contribution >= 4 is 17.5 Å². The van der Waals surface area contributed by atoms with Gasteiger partial charge in [-0.2, -0.15) is 0 Å². The largest absolute Gasteiger partial charge is 0.436 e. The predicted octanol–water partition coefficient (Wildman–Crippen LogP) is 1.28. The highest BCUT2D eigenvalue weighted by Crippen LogP contribution is 2.09. The fourth-order valence-corrected chi connectivity index (χ4v) is 1.49. The molecular weight excluding hydrogens is 232 g/mol. The summed E-state index contributed by atoms with van der Waals surface area (Å²) in [5.41, 5.74) is 0.570. The molecule has 0 radical (unpaired) electrons. The first-order chi connectivity index (χ1) is 7.58. The lowest BCUT2D eigenvalue weighted by Crippen LogP contribution is -2.39. The highest BCUT2D eigenvalue weighted by Gasteiger charge is 2.19. The van der Waals surface area contributed by atoms with Crippen LogP contribution in [0.25, 0.3) is 0 Å². The second-order valence-electron chi connectivity index (χ2n) is 3.43. The molecule has 0 aliphatic heterocycles. The van der Waals surface area contributed by atoms with Crippen molar-refractivity contribution in [3.05, 3.63) is 17.3 Å². The van der Waals surface area contributed by atoms with Crippen molar-refractivity contribution in [1.29, 1.82) is 0 Å². The summed E-state index contributed by atoms with van der Waals surface area (Å²) >= 11 is 5.68. The summed E-state index contributed by atoms with van der Waals surface area (Å²) in [6.07, 6.45) is 0. The molecule has 0 saturated heterocycles. The van der Waals surface area contributed by atoms with Gasteiger partial charge < -0.3 is 14.5 Å². The van der Waals surface area contributed by atoms with E-state index in [4.69, 9.17) is 20.8 Å². The molecule has 1 N–H and O–H groups in total. The highest BCUT2D eigenvalue weighted by atomic mass is 35.5. The van der Waals surface area contributed by atoms with Crippen molar-refractivity contribution in [2.45, 2.75) is 19.9 Å². The molecule has 5 nitrogen and oxygen atoms in total. The molecule has 0 fully saturated rings. The molecule has 1 aromatic rings. The summed E-state index contributed by atoms with van der Waals surface area (Å²) in [6.45, 7) is 3.77. The first-order valence-corrected chi connectivity index (χ1v) is 5.41. The van der Waals surface area contributed by atoms with Crippen molar-refractivity contribution in [1.82, 2.24) is 10.3 Å². The van der Waals surface area contributed by atoms with E-state index < -0.39 is 0 Å². The summed E-state index contributed by atoms with van der Waals surface area (Å²) in [7, 11) is 1.55. The van der Waals surface area contributed by atoms with Crippen LogP contribution < -0.4 is 5.32 Å². The van der Waals surface area contributed by atoms with Crippen LogP contribution in [0, 0.1) is 13.8 Å². The molecule has 1 amide bonds. The van der Waals surface area contributed by atoms with E-state index in [0.29, 0.717) is 18.2 Å². The molecule has 0 bridgehead atoms. The van der Waals surface area contributed by atoms with Crippen LogP contribution in [0.2, 0.25) is 0 Å². The number of hydrogen-bond donors (Lipinski definition) is 1. The van der Waals surface area contributed by atoms with E-state index in [1.54, 1.807) is 21.0 Å². The number of hydrogen-bond acceptors (Lipinski definition) is 4. The molecule has 1 atom stereocenters. The van der Waals surface area contributed by atoms with E-state index in [1.807, 2.05) is 0 Å². The van der Waals surface area contributed by atoms with Gasteiger partial charge in [0.1, 0.15) is 0 Å². The summed E-state index contributed by atoms with van der Waals surface area (Å²) in [5.74, 6) is 0.660. The van der Waals surface area contributed by atoms with Gasteiger partial charge in [-0.15, -0.1) is 11.6 Å². The number of methoxy groups -OCH3 is 1. The van der Waals surface area contributed by atoms with Gasteiger partial charge >= 0.3 is 0 Å². The number of rotatable bonds is 5. The van der Waals surface area contributed by atoms with Crippen LogP contribution >= 0.6 is 11.6 Å². The first-order valence-electron chi connectivity index (χ1n) is 4.88. The third kappa shape index (κ3) is 3.21. The summed E-state index contributed by atoms with van der Waals surface area (Å²) < 4.78 is 10.1. The summed E-state index contributed by atoms with van der Waals surface area (Å²) in [5, 5.41) is 2.71. The predicted molar refractivity (Wildman–Crippen MR) is 59.8 cm³/mol. The van der Waals surface area contributed by atoms with Gasteiger partial charge in [0.2, 0.25) is 5.76 Å². The highest BCUT2D eigenvalue weighted by molar-refractivity contribution is 6.18. The fourth-order valence-electron chi connectivity index (χ4n) is 1.32. The van der Waals surface area contributed by atoms with Gasteiger partial charge in [-0.1, -0.05) is 0 Å². The molecule has 1 rings (SSSR count). The third-order valence-corrected chi connectivity index (χ3v) is 2.37. The molecule has 1 unspecified atom stereocenters. The number of aryl methyl sites for hydroxylation is 2. The number of amides is 1. The standard InChI is InChI=1S/C10H15ClN2O3/c1-6-9(16-7(2)12-6)10(14)13-8(4-11)5-15-3/h8H,4-5H2,1-3H3,(H,13,14). The Morgan fingerprint density at radius 2 is 2.31 bits per heavy atom. The van der Waals surface area contributed by atoms with E-state index in [9.17, 15) is 4.79 Å². The quantitative estimate of drug-likeness (QED) is 0.795. The van der Waals surface area contributed by atoms with Gasteiger partial charge in [0.05, 0.1) is 18.3 Å². The molecule has 1 heterocycles. The topological polar surface area (TPSA) is 64.4 Å². The number of oxazole rings is 1. The smallest absolute Gasteiger partial charge is 0.289 e. The van der Waals surface area contributed by atoms with Gasteiger partial charge in [-0.05, 0) is 6.92 Å². The molecule has 0 aromatic carbocycles. The van der Waals surface area contributed by atoms with Crippen LogP contribution in [-0.4, -0.2) is 36.5 Å². The molecule has 90 valence electrons. The average Bonchev–Trinajstić information content (AvgIpc) is 2.57. The van der Waals surface area contributed by atoms with E-state index >= 15 is 0 Å². The number of carbonyl (C=O) groups is 1. The van der Waals surface area contributed by atoms with Crippen LogP contribution in [0.1, 0.15) is 22.1 Å².